The van der Waals surface area contributed by atoms with Gasteiger partial charge in [0.25, 0.3) is 11.8 Å². The Morgan fingerprint density at radius 2 is 1.79 bits per heavy atom. The molecule has 1 aliphatic rings. The Morgan fingerprint density at radius 3 is 2.41 bits per heavy atom. The predicted octanol–water partition coefficient (Wildman–Crippen LogP) is 3.61. The Bertz CT molecular complexity index is 969. The van der Waals surface area contributed by atoms with Crippen LogP contribution in [0.25, 0.3) is 6.08 Å². The number of nitrogens with zero attached hydrogens (tertiary/aromatic N) is 1. The molecule has 0 unspecified atom stereocenters. The summed E-state index contributed by atoms with van der Waals surface area (Å²) in [6.45, 7) is 1.75. The van der Waals surface area contributed by atoms with E-state index < -0.39 is 17.8 Å². The minimum Gasteiger partial charge on any atom is -0.480 e. The van der Waals surface area contributed by atoms with Crippen molar-refractivity contribution in [1.29, 1.82) is 0 Å². The van der Waals surface area contributed by atoms with Crippen molar-refractivity contribution < 1.29 is 23.9 Å². The van der Waals surface area contributed by atoms with E-state index in [-0.39, 0.29) is 18.8 Å². The first-order chi connectivity index (χ1) is 13.9. The quantitative estimate of drug-likeness (QED) is 0.355. The van der Waals surface area contributed by atoms with Crippen LogP contribution in [-0.4, -0.2) is 31.0 Å². The normalized spacial score (nSPS) is 14.9. The number of carbonyl (C=O) groups is 3. The largest absolute Gasteiger partial charge is 0.480 e. The van der Waals surface area contributed by atoms with Gasteiger partial charge in [-0.15, -0.1) is 0 Å². The van der Waals surface area contributed by atoms with Gasteiger partial charge in [0.05, 0.1) is 21.2 Å². The van der Waals surface area contributed by atoms with Gasteiger partial charge in [0.1, 0.15) is 11.3 Å². The topological polar surface area (TPSA) is 84.9 Å². The van der Waals surface area contributed by atoms with Crippen LogP contribution in [0.15, 0.2) is 57.0 Å². The van der Waals surface area contributed by atoms with Gasteiger partial charge in [0.2, 0.25) is 0 Å². The number of carbonyl (C=O) groups excluding carboxylic acids is 3. The zero-order valence-electron chi connectivity index (χ0n) is 15.3. The maximum atomic E-state index is 12.7. The lowest BCUT2D eigenvalue weighted by atomic mass is 10.1. The van der Waals surface area contributed by atoms with E-state index in [1.807, 2.05) is 6.07 Å². The summed E-state index contributed by atoms with van der Waals surface area (Å²) in [4.78, 5) is 36.5. The molecule has 1 saturated heterocycles. The van der Waals surface area contributed by atoms with E-state index in [0.29, 0.717) is 25.9 Å². The third-order valence-corrected chi connectivity index (χ3v) is 5.06. The Balaban J connectivity index is 1.82. The number of halogens is 2. The molecule has 0 aromatic heterocycles. The second kappa shape index (κ2) is 9.23. The molecular weight excluding hydrogens is 508 g/mol. The van der Waals surface area contributed by atoms with Crippen LogP contribution in [-0.2, 0) is 19.1 Å². The van der Waals surface area contributed by atoms with Gasteiger partial charge in [-0.25, -0.2) is 9.80 Å². The molecule has 2 aromatic rings. The number of nitrogens with one attached hydrogen (secondary N) is 1. The molecule has 0 aliphatic carbocycles. The van der Waals surface area contributed by atoms with Gasteiger partial charge in [0.15, 0.2) is 6.61 Å². The van der Waals surface area contributed by atoms with E-state index in [0.717, 1.165) is 0 Å². The lowest BCUT2D eigenvalue weighted by Gasteiger charge is -2.14. The highest BCUT2D eigenvalue weighted by Gasteiger charge is 2.34. The molecule has 3 rings (SSSR count). The van der Waals surface area contributed by atoms with Gasteiger partial charge in [-0.2, -0.15) is 0 Å². The van der Waals surface area contributed by atoms with E-state index >= 15 is 0 Å². The molecular formula is C20H16Br2N2O5. The first-order valence-electron chi connectivity index (χ1n) is 8.60. The van der Waals surface area contributed by atoms with Crippen molar-refractivity contribution in [3.8, 4) is 5.75 Å². The summed E-state index contributed by atoms with van der Waals surface area (Å²) in [5, 5.41) is 1.20. The highest BCUT2D eigenvalue weighted by atomic mass is 79.9. The molecule has 7 nitrogen and oxygen atoms in total. The van der Waals surface area contributed by atoms with Crippen molar-refractivity contribution in [2.45, 2.75) is 6.92 Å². The number of hydrogen-bond donors (Lipinski definition) is 1. The second-order valence-electron chi connectivity index (χ2n) is 5.88. The summed E-state index contributed by atoms with van der Waals surface area (Å²) in [6, 6.07) is 12.2. The van der Waals surface area contributed by atoms with Crippen LogP contribution in [0, 0.1) is 0 Å². The second-order valence-corrected chi connectivity index (χ2v) is 7.59. The summed E-state index contributed by atoms with van der Waals surface area (Å²) in [6.07, 6.45) is 1.49. The molecule has 9 heteroatoms. The maximum absolute atomic E-state index is 12.7. The van der Waals surface area contributed by atoms with Crippen LogP contribution in [0.1, 0.15) is 12.5 Å². The number of benzene rings is 2. The molecule has 0 spiro atoms. The van der Waals surface area contributed by atoms with Crippen LogP contribution < -0.4 is 15.2 Å². The number of hydrazine groups is 1. The zero-order chi connectivity index (χ0) is 21.0. The number of esters is 1. The molecule has 150 valence electrons. The Hall–Kier alpha value is -2.65. The fourth-order valence-electron chi connectivity index (χ4n) is 2.62. The van der Waals surface area contributed by atoms with Crippen LogP contribution >= 0.6 is 31.9 Å². The van der Waals surface area contributed by atoms with E-state index in [1.165, 1.54) is 11.1 Å². The standard InChI is InChI=1S/C20H16Br2N2O5/c1-2-28-17(25)11-29-18-15(21)9-12(10-16(18)22)8-14-19(26)23-24(20(14)27)13-6-4-3-5-7-13/h3-10H,2,11H2,1H3,(H,23,26)/b14-8-. The third kappa shape index (κ3) is 4.86. The highest BCUT2D eigenvalue weighted by molar-refractivity contribution is 9.11. The Labute approximate surface area is 183 Å². The van der Waals surface area contributed by atoms with Gasteiger partial charge in [0, 0.05) is 0 Å². The molecule has 1 aliphatic heterocycles. The number of anilines is 1. The zero-order valence-corrected chi connectivity index (χ0v) is 18.4. The lowest BCUT2D eigenvalue weighted by molar-refractivity contribution is -0.145. The number of para-hydroxylation sites is 1. The van der Waals surface area contributed by atoms with Crippen molar-refractivity contribution in [3.05, 3.63) is 62.5 Å². The molecule has 2 aromatic carbocycles. The summed E-state index contributed by atoms with van der Waals surface area (Å²) >= 11 is 6.77. The van der Waals surface area contributed by atoms with E-state index in [2.05, 4.69) is 37.3 Å². The smallest absolute Gasteiger partial charge is 0.344 e. The number of amides is 2. The van der Waals surface area contributed by atoms with Crippen LogP contribution in [0.2, 0.25) is 0 Å². The molecule has 1 N–H and O–H groups in total. The average Bonchev–Trinajstić information content (AvgIpc) is 2.96. The van der Waals surface area contributed by atoms with Crippen molar-refractivity contribution in [2.75, 3.05) is 18.2 Å². The fraction of sp³-hybridized carbons (Fsp3) is 0.150. The first kappa shape index (κ1) is 21.1. The molecule has 2 amide bonds. The van der Waals surface area contributed by atoms with Gasteiger partial charge < -0.3 is 9.47 Å². The first-order valence-corrected chi connectivity index (χ1v) is 10.2. The minimum atomic E-state index is -0.492. The van der Waals surface area contributed by atoms with Crippen molar-refractivity contribution in [3.63, 3.8) is 0 Å². The average molecular weight is 524 g/mol. The molecule has 0 radical (unpaired) electrons. The van der Waals surface area contributed by atoms with Gasteiger partial charge in [-0.1, -0.05) is 18.2 Å². The van der Waals surface area contributed by atoms with Crippen molar-refractivity contribution in [1.82, 2.24) is 5.43 Å². The third-order valence-electron chi connectivity index (χ3n) is 3.88. The summed E-state index contributed by atoms with van der Waals surface area (Å²) in [7, 11) is 0. The van der Waals surface area contributed by atoms with Crippen LogP contribution in [0.4, 0.5) is 5.69 Å². The maximum Gasteiger partial charge on any atom is 0.344 e. The van der Waals surface area contributed by atoms with Gasteiger partial charge >= 0.3 is 5.97 Å². The lowest BCUT2D eigenvalue weighted by Crippen LogP contribution is -2.35. The minimum absolute atomic E-state index is 0.00726. The SMILES string of the molecule is CCOC(=O)COc1c(Br)cc(/C=C2/C(=O)NN(c3ccccc3)C2=O)cc1Br. The monoisotopic (exact) mass is 522 g/mol. The van der Waals surface area contributed by atoms with E-state index in [4.69, 9.17) is 9.47 Å². The summed E-state index contributed by atoms with van der Waals surface area (Å²) in [5.41, 5.74) is 3.73. The molecule has 1 fully saturated rings. The van der Waals surface area contributed by atoms with Crippen LogP contribution in [0.5, 0.6) is 5.75 Å². The summed E-state index contributed by atoms with van der Waals surface area (Å²) in [5.74, 6) is -1.01. The molecule has 0 atom stereocenters. The Kier molecular flexibility index (Phi) is 6.71. The highest BCUT2D eigenvalue weighted by Crippen LogP contribution is 2.35. The van der Waals surface area contributed by atoms with E-state index in [1.54, 1.807) is 43.3 Å². The van der Waals surface area contributed by atoms with Gasteiger partial charge in [-0.3, -0.25) is 15.0 Å². The fourth-order valence-corrected chi connectivity index (χ4v) is 4.07. The predicted molar refractivity (Wildman–Crippen MR) is 114 cm³/mol. The number of rotatable bonds is 6. The summed E-state index contributed by atoms with van der Waals surface area (Å²) < 4.78 is 11.4. The van der Waals surface area contributed by atoms with Gasteiger partial charge in [-0.05, 0) is 74.7 Å². The van der Waals surface area contributed by atoms with Crippen molar-refractivity contribution in [2.24, 2.45) is 0 Å². The molecule has 29 heavy (non-hydrogen) atoms. The molecule has 0 bridgehead atoms. The Morgan fingerprint density at radius 1 is 1.14 bits per heavy atom. The number of hydrogen-bond acceptors (Lipinski definition) is 5. The van der Waals surface area contributed by atoms with Crippen LogP contribution in [0.3, 0.4) is 0 Å². The molecule has 1 heterocycles. The van der Waals surface area contributed by atoms with Crippen molar-refractivity contribution >= 4 is 61.4 Å². The van der Waals surface area contributed by atoms with E-state index in [9.17, 15) is 14.4 Å². The number of ether oxygens (including phenoxy) is 2. The molecule has 0 saturated carbocycles.